The second-order valence-electron chi connectivity index (χ2n) is 4.79. The van der Waals surface area contributed by atoms with E-state index in [9.17, 15) is 4.39 Å². The first kappa shape index (κ1) is 11.2. The van der Waals surface area contributed by atoms with Crippen molar-refractivity contribution >= 4 is 0 Å². The fourth-order valence-electron chi connectivity index (χ4n) is 1.06. The highest BCUT2D eigenvalue weighted by Crippen LogP contribution is 2.31. The smallest absolute Gasteiger partial charge is 0.173 e. The molecule has 0 saturated heterocycles. The van der Waals surface area contributed by atoms with Crippen molar-refractivity contribution in [1.82, 2.24) is 5.16 Å². The highest BCUT2D eigenvalue weighted by molar-refractivity contribution is 5.18. The predicted molar refractivity (Wildman–Crippen MR) is 54.0 cm³/mol. The van der Waals surface area contributed by atoms with Gasteiger partial charge in [0, 0.05) is 11.5 Å². The van der Waals surface area contributed by atoms with Gasteiger partial charge in [-0.2, -0.15) is 0 Å². The number of alkyl halides is 1. The molecule has 3 heteroatoms. The van der Waals surface area contributed by atoms with E-state index in [-0.39, 0.29) is 5.41 Å². The molecule has 0 fully saturated rings. The maximum Gasteiger partial charge on any atom is 0.173 e. The SMILES string of the molecule is CCC(C)(C)c1cc(C(C)(C)F)on1. The lowest BCUT2D eigenvalue weighted by Crippen LogP contribution is -2.16. The van der Waals surface area contributed by atoms with E-state index in [4.69, 9.17) is 4.52 Å². The number of hydrogen-bond donors (Lipinski definition) is 0. The lowest BCUT2D eigenvalue weighted by atomic mass is 9.86. The Balaban J connectivity index is 3.00. The van der Waals surface area contributed by atoms with Gasteiger partial charge >= 0.3 is 0 Å². The van der Waals surface area contributed by atoms with Crippen molar-refractivity contribution in [3.8, 4) is 0 Å². The van der Waals surface area contributed by atoms with Gasteiger partial charge in [0.1, 0.15) is 0 Å². The standard InChI is InChI=1S/C11H18FNO/c1-6-10(2,3)8-7-9(14-13-8)11(4,5)12/h7H,6H2,1-5H3. The molecule has 0 amide bonds. The van der Waals surface area contributed by atoms with Crippen molar-refractivity contribution < 1.29 is 8.91 Å². The first-order valence-corrected chi connectivity index (χ1v) is 4.94. The Morgan fingerprint density at radius 1 is 1.36 bits per heavy atom. The van der Waals surface area contributed by atoms with Crippen LogP contribution < -0.4 is 0 Å². The quantitative estimate of drug-likeness (QED) is 0.743. The molecule has 1 aromatic heterocycles. The molecule has 2 nitrogen and oxygen atoms in total. The average Bonchev–Trinajstić information content (AvgIpc) is 2.51. The van der Waals surface area contributed by atoms with Crippen molar-refractivity contribution in [3.05, 3.63) is 17.5 Å². The van der Waals surface area contributed by atoms with Gasteiger partial charge in [-0.15, -0.1) is 0 Å². The van der Waals surface area contributed by atoms with Gasteiger partial charge < -0.3 is 4.52 Å². The Morgan fingerprint density at radius 2 is 1.93 bits per heavy atom. The van der Waals surface area contributed by atoms with Crippen LogP contribution in [0.25, 0.3) is 0 Å². The van der Waals surface area contributed by atoms with Gasteiger partial charge in [0.15, 0.2) is 11.4 Å². The van der Waals surface area contributed by atoms with Gasteiger partial charge in [-0.1, -0.05) is 25.9 Å². The van der Waals surface area contributed by atoms with E-state index in [2.05, 4.69) is 25.9 Å². The second-order valence-corrected chi connectivity index (χ2v) is 4.79. The third-order valence-electron chi connectivity index (χ3n) is 2.67. The fourth-order valence-corrected chi connectivity index (χ4v) is 1.06. The number of hydrogen-bond acceptors (Lipinski definition) is 2. The molecule has 1 rings (SSSR count). The van der Waals surface area contributed by atoms with Crippen LogP contribution in [0.3, 0.4) is 0 Å². The normalized spacial score (nSPS) is 13.3. The van der Waals surface area contributed by atoms with Crippen LogP contribution in [-0.2, 0) is 11.1 Å². The van der Waals surface area contributed by atoms with Crippen LogP contribution in [0.2, 0.25) is 0 Å². The highest BCUT2D eigenvalue weighted by Gasteiger charge is 2.29. The Hall–Kier alpha value is -0.860. The Labute approximate surface area is 84.5 Å². The third kappa shape index (κ3) is 2.14. The molecule has 0 radical (unpaired) electrons. The Kier molecular flexibility index (Phi) is 2.70. The molecule has 0 aliphatic carbocycles. The molecule has 14 heavy (non-hydrogen) atoms. The molecule has 0 atom stereocenters. The van der Waals surface area contributed by atoms with Crippen LogP contribution in [0.1, 0.15) is 52.5 Å². The molecular formula is C11H18FNO. The van der Waals surface area contributed by atoms with Gasteiger partial charge in [0.25, 0.3) is 0 Å². The van der Waals surface area contributed by atoms with Crippen LogP contribution >= 0.6 is 0 Å². The van der Waals surface area contributed by atoms with E-state index in [1.165, 1.54) is 13.8 Å². The molecular weight excluding hydrogens is 181 g/mol. The number of halogens is 1. The first-order chi connectivity index (χ1) is 6.27. The summed E-state index contributed by atoms with van der Waals surface area (Å²) in [7, 11) is 0. The van der Waals surface area contributed by atoms with E-state index < -0.39 is 5.67 Å². The molecule has 1 heterocycles. The number of aromatic nitrogens is 1. The van der Waals surface area contributed by atoms with Gasteiger partial charge in [-0.05, 0) is 20.3 Å². The lowest BCUT2D eigenvalue weighted by molar-refractivity contribution is 0.162. The van der Waals surface area contributed by atoms with E-state index in [0.717, 1.165) is 12.1 Å². The van der Waals surface area contributed by atoms with Gasteiger partial charge in [0.2, 0.25) is 0 Å². The summed E-state index contributed by atoms with van der Waals surface area (Å²) < 4.78 is 18.5. The third-order valence-corrected chi connectivity index (χ3v) is 2.67. The van der Waals surface area contributed by atoms with E-state index in [1.54, 1.807) is 6.07 Å². The summed E-state index contributed by atoms with van der Waals surface area (Å²) in [5, 5.41) is 3.91. The molecule has 0 N–H and O–H groups in total. The molecule has 0 aliphatic rings. The van der Waals surface area contributed by atoms with E-state index in [1.807, 2.05) is 0 Å². The minimum atomic E-state index is -1.45. The minimum Gasteiger partial charge on any atom is -0.358 e. The zero-order valence-electron chi connectivity index (χ0n) is 9.52. The minimum absolute atomic E-state index is 0.0486. The maximum atomic E-state index is 13.5. The Bertz CT molecular complexity index is 309. The fraction of sp³-hybridized carbons (Fsp3) is 0.727. The highest BCUT2D eigenvalue weighted by atomic mass is 19.1. The van der Waals surface area contributed by atoms with Crippen molar-refractivity contribution in [3.63, 3.8) is 0 Å². The number of rotatable bonds is 3. The van der Waals surface area contributed by atoms with Crippen LogP contribution in [0, 0.1) is 0 Å². The number of nitrogens with zero attached hydrogens (tertiary/aromatic N) is 1. The van der Waals surface area contributed by atoms with E-state index in [0.29, 0.717) is 5.76 Å². The van der Waals surface area contributed by atoms with Gasteiger partial charge in [-0.3, -0.25) is 0 Å². The lowest BCUT2D eigenvalue weighted by Gasteiger charge is -2.18. The summed E-state index contributed by atoms with van der Waals surface area (Å²) in [4.78, 5) is 0. The summed E-state index contributed by atoms with van der Waals surface area (Å²) >= 11 is 0. The second kappa shape index (κ2) is 3.37. The summed E-state index contributed by atoms with van der Waals surface area (Å²) in [6.45, 7) is 9.15. The summed E-state index contributed by atoms with van der Waals surface area (Å²) in [5.41, 5.74) is -0.678. The van der Waals surface area contributed by atoms with Crippen LogP contribution in [0.5, 0.6) is 0 Å². The van der Waals surface area contributed by atoms with Crippen molar-refractivity contribution in [2.24, 2.45) is 0 Å². The van der Waals surface area contributed by atoms with Crippen LogP contribution in [0.15, 0.2) is 10.6 Å². The Morgan fingerprint density at radius 3 is 2.29 bits per heavy atom. The molecule has 0 bridgehead atoms. The zero-order chi connectivity index (χ0) is 11.0. The van der Waals surface area contributed by atoms with Gasteiger partial charge in [-0.25, -0.2) is 4.39 Å². The predicted octanol–water partition coefficient (Wildman–Crippen LogP) is 3.57. The van der Waals surface area contributed by atoms with E-state index >= 15 is 0 Å². The molecule has 0 saturated carbocycles. The monoisotopic (exact) mass is 199 g/mol. The van der Waals surface area contributed by atoms with Crippen LogP contribution in [0.4, 0.5) is 4.39 Å². The first-order valence-electron chi connectivity index (χ1n) is 4.94. The summed E-state index contributed by atoms with van der Waals surface area (Å²) in [5.74, 6) is 0.300. The molecule has 0 spiro atoms. The van der Waals surface area contributed by atoms with Gasteiger partial charge in [0.05, 0.1) is 5.69 Å². The molecule has 1 aromatic rings. The van der Waals surface area contributed by atoms with Crippen molar-refractivity contribution in [2.75, 3.05) is 0 Å². The zero-order valence-corrected chi connectivity index (χ0v) is 9.52. The topological polar surface area (TPSA) is 26.0 Å². The molecule has 0 aromatic carbocycles. The largest absolute Gasteiger partial charge is 0.358 e. The molecule has 0 aliphatic heterocycles. The van der Waals surface area contributed by atoms with Crippen LogP contribution in [-0.4, -0.2) is 5.16 Å². The average molecular weight is 199 g/mol. The van der Waals surface area contributed by atoms with Crippen molar-refractivity contribution in [1.29, 1.82) is 0 Å². The van der Waals surface area contributed by atoms with Crippen molar-refractivity contribution in [2.45, 2.75) is 52.1 Å². The maximum absolute atomic E-state index is 13.5. The molecule has 0 unspecified atom stereocenters. The molecule has 80 valence electrons. The summed E-state index contributed by atoms with van der Waals surface area (Å²) in [6, 6.07) is 1.71. The summed E-state index contributed by atoms with van der Waals surface area (Å²) in [6.07, 6.45) is 0.950.